The SMILES string of the molecule is [N-]=[N+]=NC(=O)c1cc(I)c(I)c(I)c1. The standard InChI is InChI=1S/C7H2I3N3O/c8-4-1-3(7(14)12-13-11)2-5(9)6(4)10/h1-2H. The highest BCUT2D eigenvalue weighted by Crippen LogP contribution is 2.23. The number of rotatable bonds is 1. The van der Waals surface area contributed by atoms with Crippen molar-refractivity contribution in [3.8, 4) is 0 Å². The van der Waals surface area contributed by atoms with Crippen LogP contribution in [0.2, 0.25) is 0 Å². The molecule has 1 aromatic carbocycles. The van der Waals surface area contributed by atoms with Gasteiger partial charge in [0, 0.05) is 21.2 Å². The molecule has 1 rings (SSSR count). The molecule has 0 heterocycles. The molecule has 0 spiro atoms. The number of hydrogen-bond acceptors (Lipinski definition) is 1. The third-order valence-corrected chi connectivity index (χ3v) is 6.29. The summed E-state index contributed by atoms with van der Waals surface area (Å²) in [5.41, 5.74) is 8.55. The van der Waals surface area contributed by atoms with Crippen LogP contribution in [0, 0.1) is 10.7 Å². The molecule has 0 saturated heterocycles. The van der Waals surface area contributed by atoms with Crippen molar-refractivity contribution in [3.63, 3.8) is 0 Å². The lowest BCUT2D eigenvalue weighted by Gasteiger charge is -2.02. The van der Waals surface area contributed by atoms with Gasteiger partial charge in [-0.1, -0.05) is 0 Å². The van der Waals surface area contributed by atoms with E-state index in [1.165, 1.54) is 0 Å². The van der Waals surface area contributed by atoms with Crippen molar-refractivity contribution >= 4 is 73.7 Å². The number of carbonyl (C=O) groups is 1. The van der Waals surface area contributed by atoms with E-state index >= 15 is 0 Å². The van der Waals surface area contributed by atoms with Crippen molar-refractivity contribution in [1.29, 1.82) is 0 Å². The predicted molar refractivity (Wildman–Crippen MR) is 78.1 cm³/mol. The summed E-state index contributed by atoms with van der Waals surface area (Å²) in [5, 5.41) is 3.04. The molecule has 0 N–H and O–H groups in total. The molecule has 0 bridgehead atoms. The van der Waals surface area contributed by atoms with E-state index in [4.69, 9.17) is 5.53 Å². The normalized spacial score (nSPS) is 9.36. The second kappa shape index (κ2) is 5.47. The molecule has 7 heteroatoms. The number of benzene rings is 1. The van der Waals surface area contributed by atoms with Gasteiger partial charge in [-0.05, 0) is 90.6 Å². The third-order valence-electron chi connectivity index (χ3n) is 1.37. The van der Waals surface area contributed by atoms with Gasteiger partial charge < -0.3 is 0 Å². The first-order valence-corrected chi connectivity index (χ1v) is 6.54. The van der Waals surface area contributed by atoms with E-state index in [9.17, 15) is 4.79 Å². The first kappa shape index (κ1) is 12.5. The van der Waals surface area contributed by atoms with Crippen LogP contribution in [0.1, 0.15) is 10.4 Å². The Morgan fingerprint density at radius 1 is 1.29 bits per heavy atom. The summed E-state index contributed by atoms with van der Waals surface area (Å²) in [6, 6.07) is 3.42. The van der Waals surface area contributed by atoms with E-state index in [-0.39, 0.29) is 0 Å². The smallest absolute Gasteiger partial charge is 0.249 e. The molecule has 0 aromatic heterocycles. The van der Waals surface area contributed by atoms with Gasteiger partial charge >= 0.3 is 0 Å². The fourth-order valence-corrected chi connectivity index (χ4v) is 2.86. The average Bonchev–Trinajstić information content (AvgIpc) is 2.13. The van der Waals surface area contributed by atoms with Gasteiger partial charge in [-0.25, -0.2) is 0 Å². The Morgan fingerprint density at radius 2 is 1.79 bits per heavy atom. The highest BCUT2D eigenvalue weighted by atomic mass is 127. The van der Waals surface area contributed by atoms with Gasteiger partial charge in [0.2, 0.25) is 5.91 Å². The van der Waals surface area contributed by atoms with Gasteiger partial charge in [0.25, 0.3) is 0 Å². The van der Waals surface area contributed by atoms with Crippen LogP contribution in [-0.4, -0.2) is 5.91 Å². The summed E-state index contributed by atoms with van der Waals surface area (Å²) in [6.45, 7) is 0. The maximum atomic E-state index is 11.2. The van der Waals surface area contributed by atoms with Crippen molar-refractivity contribution < 1.29 is 4.79 Å². The van der Waals surface area contributed by atoms with Crippen molar-refractivity contribution in [2.45, 2.75) is 0 Å². The molecule has 1 aromatic rings. The second-order valence-corrected chi connectivity index (χ2v) is 5.65. The number of nitrogens with zero attached hydrogens (tertiary/aromatic N) is 3. The number of carbonyl (C=O) groups excluding carboxylic acids is 1. The Hall–Kier alpha value is 0.390. The third kappa shape index (κ3) is 2.94. The maximum Gasteiger partial charge on any atom is 0.249 e. The summed E-state index contributed by atoms with van der Waals surface area (Å²) in [7, 11) is 0. The van der Waals surface area contributed by atoms with Gasteiger partial charge in [-0.2, -0.15) is 0 Å². The second-order valence-electron chi connectivity index (χ2n) is 2.25. The minimum atomic E-state index is -0.542. The predicted octanol–water partition coefficient (Wildman–Crippen LogP) is 3.95. The molecule has 0 unspecified atom stereocenters. The number of amides is 1. The molecule has 1 amide bonds. The minimum Gasteiger partial charge on any atom is -0.287 e. The van der Waals surface area contributed by atoms with Crippen LogP contribution in [0.5, 0.6) is 0 Å². The highest BCUT2D eigenvalue weighted by molar-refractivity contribution is 14.1. The summed E-state index contributed by atoms with van der Waals surface area (Å²) in [5.74, 6) is -0.542. The number of hydrogen-bond donors (Lipinski definition) is 0. The molecule has 14 heavy (non-hydrogen) atoms. The van der Waals surface area contributed by atoms with Gasteiger partial charge in [-0.3, -0.25) is 4.79 Å². The van der Waals surface area contributed by atoms with E-state index in [1.807, 2.05) is 0 Å². The fourth-order valence-electron chi connectivity index (χ4n) is 0.777. The lowest BCUT2D eigenvalue weighted by atomic mass is 10.2. The molecule has 0 atom stereocenters. The first-order valence-electron chi connectivity index (χ1n) is 3.30. The maximum absolute atomic E-state index is 11.2. The molecule has 0 aliphatic carbocycles. The zero-order valence-electron chi connectivity index (χ0n) is 6.54. The molecule has 72 valence electrons. The van der Waals surface area contributed by atoms with Crippen molar-refractivity contribution in [3.05, 3.63) is 38.8 Å². The highest BCUT2D eigenvalue weighted by Gasteiger charge is 2.09. The van der Waals surface area contributed by atoms with Gasteiger partial charge in [0.1, 0.15) is 0 Å². The van der Waals surface area contributed by atoms with Gasteiger partial charge in [-0.15, -0.1) is 0 Å². The first-order chi connectivity index (χ1) is 6.56. The van der Waals surface area contributed by atoms with Crippen molar-refractivity contribution in [2.24, 2.45) is 5.11 Å². The summed E-state index contributed by atoms with van der Waals surface area (Å²) in [6.07, 6.45) is 0. The van der Waals surface area contributed by atoms with Crippen LogP contribution in [-0.2, 0) is 0 Å². The average molecular weight is 525 g/mol. The van der Waals surface area contributed by atoms with E-state index in [1.54, 1.807) is 12.1 Å². The molecule has 0 saturated carbocycles. The van der Waals surface area contributed by atoms with E-state index in [2.05, 4.69) is 77.8 Å². The summed E-state index contributed by atoms with van der Waals surface area (Å²) in [4.78, 5) is 13.7. The lowest BCUT2D eigenvalue weighted by Crippen LogP contribution is -1.97. The van der Waals surface area contributed by atoms with E-state index < -0.39 is 5.91 Å². The topological polar surface area (TPSA) is 65.8 Å². The van der Waals surface area contributed by atoms with Gasteiger partial charge in [0.05, 0.1) is 0 Å². The summed E-state index contributed by atoms with van der Waals surface area (Å²) < 4.78 is 3.06. The molecule has 0 aliphatic heterocycles. The summed E-state index contributed by atoms with van der Waals surface area (Å²) >= 11 is 6.48. The molecular formula is C7H2I3N3O. The molecule has 0 aliphatic rings. The Morgan fingerprint density at radius 3 is 2.21 bits per heavy atom. The largest absolute Gasteiger partial charge is 0.287 e. The zero-order chi connectivity index (χ0) is 10.7. The molecular weight excluding hydrogens is 523 g/mol. The zero-order valence-corrected chi connectivity index (χ0v) is 13.0. The van der Waals surface area contributed by atoms with Crippen LogP contribution in [0.25, 0.3) is 10.4 Å². The Labute approximate surface area is 121 Å². The quantitative estimate of drug-likeness (QED) is 0.180. The number of halogens is 3. The lowest BCUT2D eigenvalue weighted by molar-refractivity contribution is 0.1000. The Bertz CT molecular complexity index is 417. The molecule has 0 fully saturated rings. The Balaban J connectivity index is 3.25. The fraction of sp³-hybridized carbons (Fsp3) is 0. The minimum absolute atomic E-state index is 0.428. The van der Waals surface area contributed by atoms with Gasteiger partial charge in [0.15, 0.2) is 0 Å². The molecule has 4 nitrogen and oxygen atoms in total. The molecule has 0 radical (unpaired) electrons. The van der Waals surface area contributed by atoms with E-state index in [0.717, 1.165) is 10.7 Å². The van der Waals surface area contributed by atoms with Crippen LogP contribution in [0.4, 0.5) is 0 Å². The van der Waals surface area contributed by atoms with Crippen molar-refractivity contribution in [2.75, 3.05) is 0 Å². The van der Waals surface area contributed by atoms with E-state index in [0.29, 0.717) is 5.56 Å². The number of azide groups is 1. The van der Waals surface area contributed by atoms with Crippen LogP contribution in [0.15, 0.2) is 17.2 Å². The van der Waals surface area contributed by atoms with Crippen LogP contribution in [0.3, 0.4) is 0 Å². The van der Waals surface area contributed by atoms with Crippen molar-refractivity contribution in [1.82, 2.24) is 0 Å². The monoisotopic (exact) mass is 525 g/mol. The van der Waals surface area contributed by atoms with Crippen LogP contribution >= 0.6 is 67.8 Å². The van der Waals surface area contributed by atoms with Crippen LogP contribution < -0.4 is 0 Å². The Kier molecular flexibility index (Phi) is 4.87.